The number of ether oxygens (including phenoxy) is 1. The van der Waals surface area contributed by atoms with Gasteiger partial charge in [-0.15, -0.1) is 0 Å². The van der Waals surface area contributed by atoms with Gasteiger partial charge in [-0.1, -0.05) is 79.7 Å². The van der Waals surface area contributed by atoms with Gasteiger partial charge in [-0.05, 0) is 67.9 Å². The van der Waals surface area contributed by atoms with E-state index in [1.54, 1.807) is 0 Å². The molecule has 0 aliphatic rings. The molecule has 1 unspecified atom stereocenters. The van der Waals surface area contributed by atoms with Crippen molar-refractivity contribution in [3.8, 4) is 5.75 Å². The lowest BCUT2D eigenvalue weighted by Gasteiger charge is -2.31. The van der Waals surface area contributed by atoms with E-state index in [-0.39, 0.29) is 5.92 Å². The lowest BCUT2D eigenvalue weighted by molar-refractivity contribution is 0.0480. The van der Waals surface area contributed by atoms with Crippen LogP contribution >= 0.6 is 0 Å². The Labute approximate surface area is 193 Å². The summed E-state index contributed by atoms with van der Waals surface area (Å²) in [6.45, 7) is 7.39. The van der Waals surface area contributed by atoms with E-state index in [2.05, 4.69) is 72.5 Å². The van der Waals surface area contributed by atoms with Crippen molar-refractivity contribution in [1.82, 2.24) is 4.90 Å². The Morgan fingerprint density at radius 1 is 0.812 bits per heavy atom. The van der Waals surface area contributed by atoms with Crippen molar-refractivity contribution in [2.75, 3.05) is 27.2 Å². The number of likely N-dealkylation sites (N-methyl/N-ethyl adjacent to an activating group) is 1. The molecular formula is C29H35NO2. The van der Waals surface area contributed by atoms with Crippen molar-refractivity contribution >= 4 is 11.1 Å². The predicted molar refractivity (Wildman–Crippen MR) is 135 cm³/mol. The molecule has 3 aromatic rings. The lowest BCUT2D eigenvalue weighted by atomic mass is 9.77. The molecule has 0 aliphatic carbocycles. The maximum absolute atomic E-state index is 11.0. The second-order valence-corrected chi connectivity index (χ2v) is 9.07. The molecule has 3 heteroatoms. The summed E-state index contributed by atoms with van der Waals surface area (Å²) < 4.78 is 5.91. The highest BCUT2D eigenvalue weighted by molar-refractivity contribution is 5.99. The van der Waals surface area contributed by atoms with Crippen LogP contribution in [0.15, 0.2) is 84.9 Å². The fourth-order valence-corrected chi connectivity index (χ4v) is 3.73. The quantitative estimate of drug-likeness (QED) is 0.424. The fourth-order valence-electron chi connectivity index (χ4n) is 3.73. The highest BCUT2D eigenvalue weighted by atomic mass is 16.5. The van der Waals surface area contributed by atoms with Crippen LogP contribution in [-0.2, 0) is 0 Å². The number of hydrogen-bond donors (Lipinski definition) is 1. The van der Waals surface area contributed by atoms with Crippen LogP contribution in [-0.4, -0.2) is 42.9 Å². The van der Waals surface area contributed by atoms with E-state index in [9.17, 15) is 5.11 Å². The van der Waals surface area contributed by atoms with E-state index in [0.717, 1.165) is 40.1 Å². The van der Waals surface area contributed by atoms with Gasteiger partial charge in [0, 0.05) is 12.5 Å². The van der Waals surface area contributed by atoms with E-state index in [0.29, 0.717) is 6.61 Å². The second kappa shape index (κ2) is 10.6. The molecule has 0 spiro atoms. The maximum atomic E-state index is 11.0. The average molecular weight is 430 g/mol. The summed E-state index contributed by atoms with van der Waals surface area (Å²) in [5, 5.41) is 11.0. The molecule has 3 aromatic carbocycles. The first-order valence-electron chi connectivity index (χ1n) is 11.2. The number of aliphatic hydroxyl groups is 1. The Morgan fingerprint density at radius 3 is 1.81 bits per heavy atom. The van der Waals surface area contributed by atoms with Crippen LogP contribution < -0.4 is 4.74 Å². The van der Waals surface area contributed by atoms with Crippen LogP contribution in [0.25, 0.3) is 11.1 Å². The van der Waals surface area contributed by atoms with Crippen molar-refractivity contribution in [2.45, 2.75) is 26.4 Å². The van der Waals surface area contributed by atoms with Crippen molar-refractivity contribution in [3.05, 3.63) is 102 Å². The van der Waals surface area contributed by atoms with E-state index >= 15 is 0 Å². The molecule has 168 valence electrons. The Kier molecular flexibility index (Phi) is 7.89. The highest BCUT2D eigenvalue weighted by Crippen LogP contribution is 2.40. The summed E-state index contributed by atoms with van der Waals surface area (Å²) in [5.41, 5.74) is 4.74. The summed E-state index contributed by atoms with van der Waals surface area (Å²) in [5.74, 6) is 0.774. The van der Waals surface area contributed by atoms with Crippen LogP contribution in [0.1, 0.15) is 37.5 Å². The van der Waals surface area contributed by atoms with Crippen LogP contribution in [0.3, 0.4) is 0 Å². The zero-order valence-corrected chi connectivity index (χ0v) is 19.9. The SMILES string of the molecule is CC(/C(=C(\c1ccccc1)c1ccc(OCCN(C)C)cc1)c1ccccc1)C(C)(C)O. The van der Waals surface area contributed by atoms with Gasteiger partial charge in [0.1, 0.15) is 12.4 Å². The first-order chi connectivity index (χ1) is 15.3. The minimum absolute atomic E-state index is 0.0869. The van der Waals surface area contributed by atoms with Gasteiger partial charge in [0.15, 0.2) is 0 Å². The summed E-state index contributed by atoms with van der Waals surface area (Å²) >= 11 is 0. The number of benzene rings is 3. The lowest BCUT2D eigenvalue weighted by Crippen LogP contribution is -2.30. The number of nitrogens with zero attached hydrogens (tertiary/aromatic N) is 1. The number of hydrogen-bond acceptors (Lipinski definition) is 3. The Bertz CT molecular complexity index is 1000. The molecule has 1 atom stereocenters. The van der Waals surface area contributed by atoms with Crippen LogP contribution in [0, 0.1) is 5.92 Å². The summed E-state index contributed by atoms with van der Waals surface area (Å²) in [6, 6.07) is 29.1. The van der Waals surface area contributed by atoms with Gasteiger partial charge in [-0.3, -0.25) is 0 Å². The minimum atomic E-state index is -0.875. The van der Waals surface area contributed by atoms with Crippen LogP contribution in [0.2, 0.25) is 0 Å². The molecule has 0 saturated heterocycles. The standard InChI is InChI=1S/C29H35NO2/c1-22(29(2,3)31)27(23-12-8-6-9-13-23)28(24-14-10-7-11-15-24)25-16-18-26(19-17-25)32-21-20-30(4)5/h6-19,22,31H,20-21H2,1-5H3/b28-27-. The maximum Gasteiger partial charge on any atom is 0.119 e. The molecule has 0 heterocycles. The predicted octanol–water partition coefficient (Wildman–Crippen LogP) is 5.99. The molecule has 0 radical (unpaired) electrons. The van der Waals surface area contributed by atoms with E-state index in [1.165, 1.54) is 0 Å². The zero-order valence-electron chi connectivity index (χ0n) is 19.9. The van der Waals surface area contributed by atoms with Gasteiger partial charge in [0.05, 0.1) is 5.60 Å². The molecule has 0 bridgehead atoms. The van der Waals surface area contributed by atoms with Crippen molar-refractivity contribution < 1.29 is 9.84 Å². The molecule has 32 heavy (non-hydrogen) atoms. The highest BCUT2D eigenvalue weighted by Gasteiger charge is 2.29. The normalized spacial score (nSPS) is 13.6. The van der Waals surface area contributed by atoms with Gasteiger partial charge >= 0.3 is 0 Å². The average Bonchev–Trinajstić information content (AvgIpc) is 2.78. The molecule has 3 rings (SSSR count). The Balaban J connectivity index is 2.15. The first-order valence-corrected chi connectivity index (χ1v) is 11.2. The van der Waals surface area contributed by atoms with Crippen molar-refractivity contribution in [2.24, 2.45) is 5.92 Å². The summed E-state index contributed by atoms with van der Waals surface area (Å²) in [4.78, 5) is 2.11. The van der Waals surface area contributed by atoms with Gasteiger partial charge < -0.3 is 14.7 Å². The first kappa shape index (κ1) is 23.8. The molecule has 0 amide bonds. The Hall–Kier alpha value is -2.88. The van der Waals surface area contributed by atoms with Crippen molar-refractivity contribution in [3.63, 3.8) is 0 Å². The summed E-state index contributed by atoms with van der Waals surface area (Å²) in [7, 11) is 4.08. The van der Waals surface area contributed by atoms with E-state index < -0.39 is 5.60 Å². The molecule has 3 nitrogen and oxygen atoms in total. The summed E-state index contributed by atoms with van der Waals surface area (Å²) in [6.07, 6.45) is 0. The largest absolute Gasteiger partial charge is 0.492 e. The molecule has 1 N–H and O–H groups in total. The fraction of sp³-hybridized carbons (Fsp3) is 0.310. The molecule has 0 saturated carbocycles. The van der Waals surface area contributed by atoms with Crippen LogP contribution in [0.4, 0.5) is 0 Å². The second-order valence-electron chi connectivity index (χ2n) is 9.07. The topological polar surface area (TPSA) is 32.7 Å². The zero-order chi connectivity index (χ0) is 23.1. The monoisotopic (exact) mass is 429 g/mol. The third-order valence-corrected chi connectivity index (χ3v) is 5.86. The van der Waals surface area contributed by atoms with Gasteiger partial charge in [0.2, 0.25) is 0 Å². The molecule has 0 aromatic heterocycles. The minimum Gasteiger partial charge on any atom is -0.492 e. The molecule has 0 aliphatic heterocycles. The third kappa shape index (κ3) is 6.09. The third-order valence-electron chi connectivity index (χ3n) is 5.86. The molecular weight excluding hydrogens is 394 g/mol. The van der Waals surface area contributed by atoms with Gasteiger partial charge in [-0.25, -0.2) is 0 Å². The van der Waals surface area contributed by atoms with Gasteiger partial charge in [0.25, 0.3) is 0 Å². The van der Waals surface area contributed by atoms with Crippen LogP contribution in [0.5, 0.6) is 5.75 Å². The molecule has 0 fully saturated rings. The Morgan fingerprint density at radius 2 is 1.31 bits per heavy atom. The number of rotatable bonds is 9. The smallest absolute Gasteiger partial charge is 0.119 e. The van der Waals surface area contributed by atoms with E-state index in [1.807, 2.05) is 52.2 Å². The van der Waals surface area contributed by atoms with Crippen molar-refractivity contribution in [1.29, 1.82) is 0 Å². The van der Waals surface area contributed by atoms with Gasteiger partial charge in [-0.2, -0.15) is 0 Å². The van der Waals surface area contributed by atoms with E-state index in [4.69, 9.17) is 4.74 Å².